The molecule has 0 saturated carbocycles. The summed E-state index contributed by atoms with van der Waals surface area (Å²) in [5, 5.41) is 14.9. The van der Waals surface area contributed by atoms with Crippen LogP contribution in [0.2, 0.25) is 0 Å². The summed E-state index contributed by atoms with van der Waals surface area (Å²) in [5.74, 6) is 0. The number of halogens is 1. The van der Waals surface area contributed by atoms with Gasteiger partial charge < -0.3 is 10.4 Å². The molecule has 2 N–H and O–H groups in total. The largest absolute Gasteiger partial charge is 0.394 e. The standard InChI is InChI=1S/C13H14BrNOS/c1-9-6-7-17-13(9)12(8-16)15-11-5-3-2-4-10(11)14/h2-7,12,15-16H,8H2,1H3. The first kappa shape index (κ1) is 12.6. The van der Waals surface area contributed by atoms with Gasteiger partial charge in [0.2, 0.25) is 0 Å². The van der Waals surface area contributed by atoms with E-state index < -0.39 is 0 Å². The Balaban J connectivity index is 2.22. The number of benzene rings is 1. The maximum Gasteiger partial charge on any atom is 0.0840 e. The third-order valence-corrected chi connectivity index (χ3v) is 4.43. The van der Waals surface area contributed by atoms with Crippen molar-refractivity contribution in [3.8, 4) is 0 Å². The van der Waals surface area contributed by atoms with E-state index in [1.807, 2.05) is 24.3 Å². The second-order valence-corrected chi connectivity index (χ2v) is 5.63. The Kier molecular flexibility index (Phi) is 4.20. The van der Waals surface area contributed by atoms with Crippen molar-refractivity contribution in [3.63, 3.8) is 0 Å². The van der Waals surface area contributed by atoms with Crippen LogP contribution in [0.5, 0.6) is 0 Å². The molecule has 0 aliphatic heterocycles. The number of anilines is 1. The first-order valence-corrected chi connectivity index (χ1v) is 7.05. The molecule has 0 saturated heterocycles. The van der Waals surface area contributed by atoms with Crippen molar-refractivity contribution in [3.05, 3.63) is 50.6 Å². The highest BCUT2D eigenvalue weighted by Gasteiger charge is 2.14. The van der Waals surface area contributed by atoms with Crippen molar-refractivity contribution in [1.29, 1.82) is 0 Å². The second kappa shape index (κ2) is 5.67. The molecule has 1 heterocycles. The van der Waals surface area contributed by atoms with Crippen LogP contribution in [-0.2, 0) is 0 Å². The molecule has 1 atom stereocenters. The van der Waals surface area contributed by atoms with E-state index in [9.17, 15) is 5.11 Å². The van der Waals surface area contributed by atoms with E-state index in [2.05, 4.69) is 39.6 Å². The van der Waals surface area contributed by atoms with Gasteiger partial charge in [-0.25, -0.2) is 0 Å². The number of nitrogens with one attached hydrogen (secondary N) is 1. The lowest BCUT2D eigenvalue weighted by atomic mass is 10.1. The average molecular weight is 312 g/mol. The Bertz CT molecular complexity index is 498. The fourth-order valence-corrected chi connectivity index (χ4v) is 3.07. The summed E-state index contributed by atoms with van der Waals surface area (Å²) in [6.07, 6.45) is 0. The second-order valence-electron chi connectivity index (χ2n) is 3.83. The highest BCUT2D eigenvalue weighted by atomic mass is 79.9. The topological polar surface area (TPSA) is 32.3 Å². The summed E-state index contributed by atoms with van der Waals surface area (Å²) in [5.41, 5.74) is 2.22. The highest BCUT2D eigenvalue weighted by Crippen LogP contribution is 2.30. The van der Waals surface area contributed by atoms with Crippen molar-refractivity contribution in [2.45, 2.75) is 13.0 Å². The minimum Gasteiger partial charge on any atom is -0.394 e. The molecule has 1 aromatic carbocycles. The quantitative estimate of drug-likeness (QED) is 0.895. The van der Waals surface area contributed by atoms with Crippen LogP contribution in [0.4, 0.5) is 5.69 Å². The zero-order valence-corrected chi connectivity index (χ0v) is 11.9. The van der Waals surface area contributed by atoms with Gasteiger partial charge in [0.1, 0.15) is 0 Å². The lowest BCUT2D eigenvalue weighted by molar-refractivity contribution is 0.277. The number of hydrogen-bond donors (Lipinski definition) is 2. The molecule has 1 aromatic heterocycles. The van der Waals surface area contributed by atoms with Crippen LogP contribution in [0.1, 0.15) is 16.5 Å². The van der Waals surface area contributed by atoms with Gasteiger partial charge in [-0.2, -0.15) is 0 Å². The van der Waals surface area contributed by atoms with Crippen molar-refractivity contribution < 1.29 is 5.11 Å². The van der Waals surface area contributed by atoms with Gasteiger partial charge in [-0.15, -0.1) is 11.3 Å². The van der Waals surface area contributed by atoms with Gasteiger partial charge in [-0.05, 0) is 52.0 Å². The number of aryl methyl sites for hydroxylation is 1. The Morgan fingerprint density at radius 2 is 2.12 bits per heavy atom. The van der Waals surface area contributed by atoms with E-state index in [1.165, 1.54) is 10.4 Å². The zero-order valence-electron chi connectivity index (χ0n) is 9.48. The van der Waals surface area contributed by atoms with E-state index in [0.29, 0.717) is 0 Å². The maximum absolute atomic E-state index is 9.50. The predicted octanol–water partition coefficient (Wildman–Crippen LogP) is 3.96. The molecule has 0 bridgehead atoms. The van der Waals surface area contributed by atoms with E-state index in [-0.39, 0.29) is 12.6 Å². The Morgan fingerprint density at radius 1 is 1.35 bits per heavy atom. The van der Waals surface area contributed by atoms with Crippen LogP contribution in [0, 0.1) is 6.92 Å². The fraction of sp³-hybridized carbons (Fsp3) is 0.231. The Labute approximate surface area is 113 Å². The van der Waals surface area contributed by atoms with Crippen LogP contribution in [0.25, 0.3) is 0 Å². The normalized spacial score (nSPS) is 12.4. The lowest BCUT2D eigenvalue weighted by Crippen LogP contribution is -2.14. The van der Waals surface area contributed by atoms with Crippen LogP contribution in [-0.4, -0.2) is 11.7 Å². The number of aliphatic hydroxyl groups excluding tert-OH is 1. The summed E-state index contributed by atoms with van der Waals surface area (Å²) in [4.78, 5) is 1.18. The fourth-order valence-electron chi connectivity index (χ4n) is 1.70. The Morgan fingerprint density at radius 3 is 2.71 bits per heavy atom. The molecule has 0 aliphatic rings. The van der Waals surface area contributed by atoms with E-state index in [0.717, 1.165) is 10.2 Å². The summed E-state index contributed by atoms with van der Waals surface area (Å²) in [7, 11) is 0. The number of thiophene rings is 1. The monoisotopic (exact) mass is 311 g/mol. The summed E-state index contributed by atoms with van der Waals surface area (Å²) >= 11 is 5.16. The van der Waals surface area contributed by atoms with Crippen molar-refractivity contribution in [2.24, 2.45) is 0 Å². The van der Waals surface area contributed by atoms with Gasteiger partial charge in [-0.1, -0.05) is 12.1 Å². The number of para-hydroxylation sites is 1. The van der Waals surface area contributed by atoms with Gasteiger partial charge in [0.25, 0.3) is 0 Å². The molecule has 2 nitrogen and oxygen atoms in total. The molecule has 2 rings (SSSR count). The third-order valence-electron chi connectivity index (χ3n) is 2.60. The van der Waals surface area contributed by atoms with Crippen LogP contribution < -0.4 is 5.32 Å². The van der Waals surface area contributed by atoms with Gasteiger partial charge in [-0.3, -0.25) is 0 Å². The lowest BCUT2D eigenvalue weighted by Gasteiger charge is -2.18. The molecule has 0 fully saturated rings. The SMILES string of the molecule is Cc1ccsc1C(CO)Nc1ccccc1Br. The van der Waals surface area contributed by atoms with Gasteiger partial charge in [0, 0.05) is 15.0 Å². The summed E-state index contributed by atoms with van der Waals surface area (Å²) in [6, 6.07) is 9.95. The molecule has 0 amide bonds. The number of rotatable bonds is 4. The first-order valence-electron chi connectivity index (χ1n) is 5.38. The van der Waals surface area contributed by atoms with Gasteiger partial charge in [0.05, 0.1) is 12.6 Å². The van der Waals surface area contributed by atoms with Crippen LogP contribution in [0.15, 0.2) is 40.2 Å². The molecule has 17 heavy (non-hydrogen) atoms. The van der Waals surface area contributed by atoms with Gasteiger partial charge in [0.15, 0.2) is 0 Å². The molecule has 1 unspecified atom stereocenters. The van der Waals surface area contributed by atoms with E-state index in [4.69, 9.17) is 0 Å². The predicted molar refractivity (Wildman–Crippen MR) is 76.6 cm³/mol. The van der Waals surface area contributed by atoms with E-state index in [1.54, 1.807) is 11.3 Å². The van der Waals surface area contributed by atoms with E-state index >= 15 is 0 Å². The molecule has 0 aliphatic carbocycles. The molecular formula is C13H14BrNOS. The highest BCUT2D eigenvalue weighted by molar-refractivity contribution is 9.10. The first-order chi connectivity index (χ1) is 8.22. The molecule has 0 radical (unpaired) electrons. The van der Waals surface area contributed by atoms with Gasteiger partial charge >= 0.3 is 0 Å². The third kappa shape index (κ3) is 2.89. The molecule has 4 heteroatoms. The number of aliphatic hydroxyl groups is 1. The molecular weight excluding hydrogens is 298 g/mol. The smallest absolute Gasteiger partial charge is 0.0840 e. The molecule has 0 spiro atoms. The minimum absolute atomic E-state index is 0.0475. The average Bonchev–Trinajstić information content (AvgIpc) is 2.75. The molecule has 90 valence electrons. The zero-order chi connectivity index (χ0) is 12.3. The summed E-state index contributed by atoms with van der Waals surface area (Å²) < 4.78 is 1.01. The van der Waals surface area contributed by atoms with Crippen molar-refractivity contribution in [2.75, 3.05) is 11.9 Å². The molecule has 2 aromatic rings. The van der Waals surface area contributed by atoms with Crippen molar-refractivity contribution >= 4 is 33.0 Å². The maximum atomic E-state index is 9.50. The summed E-state index contributed by atoms with van der Waals surface area (Å²) in [6.45, 7) is 2.15. The number of hydrogen-bond acceptors (Lipinski definition) is 3. The van der Waals surface area contributed by atoms with Crippen LogP contribution in [0.3, 0.4) is 0 Å². The Hall–Kier alpha value is -0.840. The van der Waals surface area contributed by atoms with Crippen molar-refractivity contribution in [1.82, 2.24) is 0 Å². The minimum atomic E-state index is -0.0475. The van der Waals surface area contributed by atoms with Crippen LogP contribution >= 0.6 is 27.3 Å².